The van der Waals surface area contributed by atoms with Gasteiger partial charge in [-0.05, 0) is 6.92 Å². The number of thioether (sulfide) groups is 1. The largest absolute Gasteiger partial charge is 0.464 e. The van der Waals surface area contributed by atoms with Gasteiger partial charge in [0.25, 0.3) is 0 Å². The zero-order chi connectivity index (χ0) is 15.0. The fourth-order valence-corrected chi connectivity index (χ4v) is 4.23. The number of fused-ring (bicyclic) bond motifs is 1. The number of benzene rings is 1. The van der Waals surface area contributed by atoms with Crippen LogP contribution >= 0.6 is 11.8 Å². The number of amides is 1. The monoisotopic (exact) mass is 305 g/mol. The van der Waals surface area contributed by atoms with Gasteiger partial charge in [0.1, 0.15) is 12.0 Å². The summed E-state index contributed by atoms with van der Waals surface area (Å²) in [5.74, 6) is -0.993. The Kier molecular flexibility index (Phi) is 3.71. The summed E-state index contributed by atoms with van der Waals surface area (Å²) < 4.78 is 4.98. The lowest BCUT2D eigenvalue weighted by atomic mass is 9.88. The minimum atomic E-state index is -0.670. The molecular weight excluding hydrogens is 290 g/mol. The van der Waals surface area contributed by atoms with Gasteiger partial charge in [-0.1, -0.05) is 30.3 Å². The average Bonchev–Trinajstić information content (AvgIpc) is 2.88. The maximum atomic E-state index is 12.4. The third kappa shape index (κ3) is 2.23. The summed E-state index contributed by atoms with van der Waals surface area (Å²) >= 11 is 1.47. The smallest absolute Gasteiger partial charge is 0.329 e. The van der Waals surface area contributed by atoms with Gasteiger partial charge >= 0.3 is 5.97 Å². The first-order valence-electron chi connectivity index (χ1n) is 6.84. The van der Waals surface area contributed by atoms with Crippen molar-refractivity contribution >= 4 is 29.4 Å². The van der Waals surface area contributed by atoms with Gasteiger partial charge in [-0.3, -0.25) is 9.59 Å². The summed E-state index contributed by atoms with van der Waals surface area (Å²) in [4.78, 5) is 38.0. The van der Waals surface area contributed by atoms with Gasteiger partial charge in [-0.25, -0.2) is 4.79 Å². The molecule has 0 radical (unpaired) electrons. The molecule has 0 bridgehead atoms. The maximum Gasteiger partial charge on any atom is 0.329 e. The number of rotatable bonds is 4. The Labute approximate surface area is 126 Å². The zero-order valence-corrected chi connectivity index (χ0v) is 12.3. The summed E-state index contributed by atoms with van der Waals surface area (Å²) in [6.45, 7) is 2.02. The molecule has 3 atom stereocenters. The van der Waals surface area contributed by atoms with E-state index in [1.54, 1.807) is 31.2 Å². The van der Waals surface area contributed by atoms with Crippen molar-refractivity contribution in [2.45, 2.75) is 18.3 Å². The molecule has 2 aliphatic heterocycles. The first kappa shape index (κ1) is 14.1. The molecule has 1 amide bonds. The van der Waals surface area contributed by atoms with Gasteiger partial charge in [0, 0.05) is 11.3 Å². The number of carbonyl (C=O) groups excluding carboxylic acids is 3. The molecule has 0 N–H and O–H groups in total. The lowest BCUT2D eigenvalue weighted by molar-refractivity contribution is -0.162. The molecule has 2 saturated heterocycles. The van der Waals surface area contributed by atoms with Gasteiger partial charge in [0.05, 0.1) is 12.0 Å². The van der Waals surface area contributed by atoms with Crippen LogP contribution in [0, 0.1) is 5.92 Å². The molecule has 0 aliphatic carbocycles. The predicted molar refractivity (Wildman–Crippen MR) is 77.8 cm³/mol. The molecule has 2 heterocycles. The number of carbonyl (C=O) groups is 3. The molecule has 5 nitrogen and oxygen atoms in total. The van der Waals surface area contributed by atoms with Crippen LogP contribution in [0.25, 0.3) is 0 Å². The van der Waals surface area contributed by atoms with Gasteiger partial charge in [0.2, 0.25) is 5.91 Å². The molecule has 1 aromatic rings. The Bertz CT molecular complexity index is 589. The standard InChI is InChI=1S/C15H15NO4S/c1-2-20-15(19)10-8-21-14-11(13(18)16(10)14)12(17)9-6-4-3-5-7-9/h3-7,10-11,14H,2,8H2,1H3/t10?,11-,14+/m1/s1. The van der Waals surface area contributed by atoms with Crippen molar-refractivity contribution in [3.63, 3.8) is 0 Å². The summed E-state index contributed by atoms with van der Waals surface area (Å²) in [6, 6.07) is 8.25. The molecule has 21 heavy (non-hydrogen) atoms. The predicted octanol–water partition coefficient (Wildman–Crippen LogP) is 1.33. The van der Waals surface area contributed by atoms with Crippen LogP contribution in [0.2, 0.25) is 0 Å². The van der Waals surface area contributed by atoms with E-state index in [0.717, 1.165) is 0 Å². The molecule has 0 saturated carbocycles. The van der Waals surface area contributed by atoms with Crippen molar-refractivity contribution in [1.29, 1.82) is 0 Å². The fourth-order valence-electron chi connectivity index (χ4n) is 2.71. The normalized spacial score (nSPS) is 27.0. The molecule has 0 spiro atoms. The van der Waals surface area contributed by atoms with Crippen molar-refractivity contribution in [2.24, 2.45) is 5.92 Å². The highest BCUT2D eigenvalue weighted by molar-refractivity contribution is 8.00. The van der Waals surface area contributed by atoms with E-state index in [1.807, 2.05) is 6.07 Å². The highest BCUT2D eigenvalue weighted by Crippen LogP contribution is 2.45. The summed E-state index contributed by atoms with van der Waals surface area (Å²) in [5, 5.41) is -0.236. The fraction of sp³-hybridized carbons (Fsp3) is 0.400. The first-order chi connectivity index (χ1) is 10.1. The first-order valence-corrected chi connectivity index (χ1v) is 7.89. The Hall–Kier alpha value is -1.82. The number of ether oxygens (including phenoxy) is 1. The third-order valence-electron chi connectivity index (χ3n) is 3.74. The van der Waals surface area contributed by atoms with E-state index in [4.69, 9.17) is 4.74 Å². The van der Waals surface area contributed by atoms with Crippen molar-refractivity contribution in [3.8, 4) is 0 Å². The van der Waals surface area contributed by atoms with E-state index < -0.39 is 12.0 Å². The maximum absolute atomic E-state index is 12.4. The van der Waals surface area contributed by atoms with Crippen molar-refractivity contribution in [3.05, 3.63) is 35.9 Å². The van der Waals surface area contributed by atoms with Crippen LogP contribution in [0.15, 0.2) is 30.3 Å². The van der Waals surface area contributed by atoms with Gasteiger partial charge < -0.3 is 9.64 Å². The second kappa shape index (κ2) is 5.52. The number of ketones is 1. The van der Waals surface area contributed by atoms with E-state index in [0.29, 0.717) is 17.9 Å². The third-order valence-corrected chi connectivity index (χ3v) is 5.09. The van der Waals surface area contributed by atoms with Gasteiger partial charge in [0.15, 0.2) is 5.78 Å². The van der Waals surface area contributed by atoms with E-state index in [2.05, 4.69) is 0 Å². The number of esters is 1. The lowest BCUT2D eigenvalue weighted by Crippen LogP contribution is -2.63. The van der Waals surface area contributed by atoms with Crippen LogP contribution in [0.5, 0.6) is 0 Å². The van der Waals surface area contributed by atoms with E-state index in [9.17, 15) is 14.4 Å². The molecule has 6 heteroatoms. The van der Waals surface area contributed by atoms with Crippen LogP contribution in [0.3, 0.4) is 0 Å². The van der Waals surface area contributed by atoms with Crippen LogP contribution in [0.1, 0.15) is 17.3 Å². The number of hydrogen-bond donors (Lipinski definition) is 0. The van der Waals surface area contributed by atoms with Crippen molar-refractivity contribution < 1.29 is 19.1 Å². The van der Waals surface area contributed by atoms with Crippen LogP contribution in [-0.2, 0) is 14.3 Å². The lowest BCUT2D eigenvalue weighted by Gasteiger charge is -2.42. The van der Waals surface area contributed by atoms with Crippen molar-refractivity contribution in [1.82, 2.24) is 4.90 Å². The average molecular weight is 305 g/mol. The molecule has 2 aliphatic rings. The van der Waals surface area contributed by atoms with Crippen molar-refractivity contribution in [2.75, 3.05) is 12.4 Å². The molecule has 1 aromatic carbocycles. The molecule has 2 fully saturated rings. The van der Waals surface area contributed by atoms with Crippen LogP contribution in [-0.4, -0.2) is 46.3 Å². The van der Waals surface area contributed by atoms with E-state index in [-0.39, 0.29) is 23.0 Å². The molecule has 110 valence electrons. The number of Topliss-reactive ketones (excluding diaryl/α,β-unsaturated/α-hetero) is 1. The van der Waals surface area contributed by atoms with Gasteiger partial charge in [-0.15, -0.1) is 11.8 Å². The Morgan fingerprint density at radius 3 is 2.71 bits per heavy atom. The minimum Gasteiger partial charge on any atom is -0.464 e. The molecule has 1 unspecified atom stereocenters. The highest BCUT2D eigenvalue weighted by Gasteiger charge is 2.59. The van der Waals surface area contributed by atoms with E-state index in [1.165, 1.54) is 16.7 Å². The highest BCUT2D eigenvalue weighted by atomic mass is 32.2. The zero-order valence-electron chi connectivity index (χ0n) is 11.5. The quantitative estimate of drug-likeness (QED) is 0.363. The minimum absolute atomic E-state index is 0.168. The van der Waals surface area contributed by atoms with Crippen LogP contribution in [0.4, 0.5) is 0 Å². The number of β-lactam (4-membered cyclic amide) rings is 1. The molecular formula is C15H15NO4S. The van der Waals surface area contributed by atoms with E-state index >= 15 is 0 Å². The summed E-state index contributed by atoms with van der Waals surface area (Å²) in [6.07, 6.45) is 0. The SMILES string of the molecule is CCOC(=O)C1CS[C@H]2[C@H](C(=O)c3ccccc3)C(=O)N12. The second-order valence-corrected chi connectivity index (χ2v) is 6.09. The Morgan fingerprint density at radius 2 is 2.05 bits per heavy atom. The second-order valence-electron chi connectivity index (χ2n) is 4.95. The Balaban J connectivity index is 1.74. The topological polar surface area (TPSA) is 63.7 Å². The molecule has 0 aromatic heterocycles. The van der Waals surface area contributed by atoms with Crippen LogP contribution < -0.4 is 0 Å². The van der Waals surface area contributed by atoms with Gasteiger partial charge in [-0.2, -0.15) is 0 Å². The Morgan fingerprint density at radius 1 is 1.33 bits per heavy atom. The summed E-state index contributed by atoms with van der Waals surface area (Å²) in [5.41, 5.74) is 0.538. The number of hydrogen-bond acceptors (Lipinski definition) is 5. The number of nitrogens with zero attached hydrogens (tertiary/aromatic N) is 1. The summed E-state index contributed by atoms with van der Waals surface area (Å²) in [7, 11) is 0. The molecule has 3 rings (SSSR count).